The largest absolute Gasteiger partial charge is 0.488 e. The first-order valence-corrected chi connectivity index (χ1v) is 5.06. The number of ether oxygens (including phenoxy) is 1. The van der Waals surface area contributed by atoms with Crippen molar-refractivity contribution in [3.63, 3.8) is 0 Å². The van der Waals surface area contributed by atoms with E-state index in [-0.39, 0.29) is 0 Å². The van der Waals surface area contributed by atoms with Gasteiger partial charge in [0.15, 0.2) is 11.6 Å². The van der Waals surface area contributed by atoms with E-state index in [4.69, 9.17) is 14.8 Å². The molecule has 1 rings (SSSR count). The molecule has 0 aromatic heterocycles. The first kappa shape index (κ1) is 14.8. The predicted molar refractivity (Wildman–Crippen MR) is 57.0 cm³/mol. The van der Waals surface area contributed by atoms with Crippen LogP contribution in [0.4, 0.5) is 17.6 Å². The molecule has 0 saturated heterocycles. The number of alkyl halides is 3. The Hall–Kier alpha value is -1.28. The van der Waals surface area contributed by atoms with Gasteiger partial charge in [-0.05, 0) is 31.4 Å². The highest BCUT2D eigenvalue weighted by Crippen LogP contribution is 2.37. The van der Waals surface area contributed by atoms with Crippen LogP contribution < -0.4 is 10.2 Å². The van der Waals surface area contributed by atoms with Gasteiger partial charge in [-0.3, -0.25) is 0 Å². The molecule has 0 bridgehead atoms. The minimum atomic E-state index is -4.85. The van der Waals surface area contributed by atoms with Crippen LogP contribution in [0.1, 0.15) is 19.4 Å². The second kappa shape index (κ2) is 5.15. The van der Waals surface area contributed by atoms with Crippen LogP contribution >= 0.6 is 0 Å². The van der Waals surface area contributed by atoms with Crippen molar-refractivity contribution in [1.29, 1.82) is 0 Å². The van der Waals surface area contributed by atoms with Crippen molar-refractivity contribution in [2.45, 2.75) is 26.1 Å². The third-order valence-electron chi connectivity index (χ3n) is 2.02. The first-order valence-electron chi connectivity index (χ1n) is 5.06. The molecule has 0 aliphatic rings. The predicted octanol–water partition coefficient (Wildman–Crippen LogP) is 1.31. The van der Waals surface area contributed by atoms with Crippen LogP contribution in [0.25, 0.3) is 0 Å². The van der Waals surface area contributed by atoms with Gasteiger partial charge < -0.3 is 14.8 Å². The molecule has 0 amide bonds. The molecule has 0 saturated carbocycles. The zero-order valence-corrected chi connectivity index (χ0v) is 9.62. The fourth-order valence-corrected chi connectivity index (χ4v) is 1.33. The van der Waals surface area contributed by atoms with E-state index in [2.05, 4.69) is 0 Å². The highest BCUT2D eigenvalue weighted by Gasteiger charge is 2.37. The number of hydrogen-bond donors (Lipinski definition) is 2. The average molecular weight is 266 g/mol. The van der Waals surface area contributed by atoms with Gasteiger partial charge in [-0.25, -0.2) is 4.39 Å². The van der Waals surface area contributed by atoms with E-state index < -0.39 is 42.0 Å². The van der Waals surface area contributed by atoms with Gasteiger partial charge in [0.1, 0.15) is 5.56 Å². The summed E-state index contributed by atoms with van der Waals surface area (Å²) in [5.74, 6) is -2.23. The van der Waals surface area contributed by atoms with Crippen molar-refractivity contribution in [1.82, 2.24) is 0 Å². The molecule has 1 aromatic carbocycles. The van der Waals surface area contributed by atoms with Crippen LogP contribution in [0.15, 0.2) is 12.1 Å². The van der Waals surface area contributed by atoms with Crippen molar-refractivity contribution < 1.29 is 32.3 Å². The van der Waals surface area contributed by atoms with Gasteiger partial charge in [0.2, 0.25) is 0 Å². The Morgan fingerprint density at radius 3 is 2.17 bits per heavy atom. The summed E-state index contributed by atoms with van der Waals surface area (Å²) >= 11 is 0. The Kier molecular flexibility index (Phi) is 4.23. The Bertz CT molecular complexity index is 432. The lowest BCUT2D eigenvalue weighted by molar-refractivity contribution is -0.139. The summed E-state index contributed by atoms with van der Waals surface area (Å²) in [7, 11) is -2.19. The summed E-state index contributed by atoms with van der Waals surface area (Å²) in [6.45, 7) is 2.91. The van der Waals surface area contributed by atoms with E-state index in [1.54, 1.807) is 0 Å². The molecule has 100 valence electrons. The van der Waals surface area contributed by atoms with Crippen molar-refractivity contribution >= 4 is 12.6 Å². The fourth-order valence-electron chi connectivity index (χ4n) is 1.33. The highest BCUT2D eigenvalue weighted by molar-refractivity contribution is 6.58. The smallest absolute Gasteiger partial charge is 0.487 e. The van der Waals surface area contributed by atoms with Crippen molar-refractivity contribution in [3.05, 3.63) is 23.5 Å². The van der Waals surface area contributed by atoms with Crippen molar-refractivity contribution in [2.24, 2.45) is 0 Å². The molecule has 0 unspecified atom stereocenters. The average Bonchev–Trinajstić information content (AvgIpc) is 2.17. The number of halogens is 4. The Morgan fingerprint density at radius 1 is 1.22 bits per heavy atom. The molecule has 18 heavy (non-hydrogen) atoms. The van der Waals surface area contributed by atoms with E-state index in [0.717, 1.165) is 0 Å². The molecule has 0 heterocycles. The minimum absolute atomic E-state index is 0.450. The Morgan fingerprint density at radius 2 is 1.78 bits per heavy atom. The van der Waals surface area contributed by atoms with Gasteiger partial charge in [0, 0.05) is 0 Å². The molecule has 8 heteroatoms. The number of benzene rings is 1. The molecule has 0 fully saturated rings. The van der Waals surface area contributed by atoms with Crippen LogP contribution in [-0.4, -0.2) is 23.3 Å². The van der Waals surface area contributed by atoms with Gasteiger partial charge in [0.25, 0.3) is 0 Å². The molecule has 0 atom stereocenters. The van der Waals surface area contributed by atoms with Gasteiger partial charge in [-0.15, -0.1) is 0 Å². The molecule has 3 nitrogen and oxygen atoms in total. The zero-order chi connectivity index (χ0) is 14.1. The molecule has 1 aromatic rings. The number of hydrogen-bond acceptors (Lipinski definition) is 3. The molecule has 2 N–H and O–H groups in total. The lowest BCUT2D eigenvalue weighted by Crippen LogP contribution is -2.32. The molecule has 0 radical (unpaired) electrons. The second-order valence-corrected chi connectivity index (χ2v) is 3.92. The maximum absolute atomic E-state index is 13.5. The lowest BCUT2D eigenvalue weighted by Gasteiger charge is -2.18. The fraction of sp³-hybridized carbons (Fsp3) is 0.400. The third kappa shape index (κ3) is 3.36. The van der Waals surface area contributed by atoms with Gasteiger partial charge in [-0.2, -0.15) is 13.2 Å². The van der Waals surface area contributed by atoms with Crippen molar-refractivity contribution in [2.75, 3.05) is 0 Å². The first-order chi connectivity index (χ1) is 8.12. The summed E-state index contributed by atoms with van der Waals surface area (Å²) in [5.41, 5.74) is -1.96. The summed E-state index contributed by atoms with van der Waals surface area (Å²) in [4.78, 5) is 0. The van der Waals surface area contributed by atoms with Gasteiger partial charge in [-0.1, -0.05) is 0 Å². The van der Waals surface area contributed by atoms with E-state index >= 15 is 0 Å². The van der Waals surface area contributed by atoms with E-state index in [0.29, 0.717) is 12.1 Å². The maximum Gasteiger partial charge on any atom is 0.488 e. The summed E-state index contributed by atoms with van der Waals surface area (Å²) < 4.78 is 56.4. The molecule has 0 aliphatic carbocycles. The van der Waals surface area contributed by atoms with E-state index in [1.807, 2.05) is 0 Å². The molecular weight excluding hydrogens is 255 g/mol. The van der Waals surface area contributed by atoms with Crippen LogP contribution in [-0.2, 0) is 6.18 Å². The Balaban J connectivity index is 3.40. The third-order valence-corrected chi connectivity index (χ3v) is 2.02. The van der Waals surface area contributed by atoms with Crippen LogP contribution in [0.2, 0.25) is 0 Å². The minimum Gasteiger partial charge on any atom is -0.487 e. The second-order valence-electron chi connectivity index (χ2n) is 3.92. The van der Waals surface area contributed by atoms with Crippen LogP contribution in [0, 0.1) is 5.82 Å². The normalized spacial score (nSPS) is 11.8. The highest BCUT2D eigenvalue weighted by atomic mass is 19.4. The summed E-state index contributed by atoms with van der Waals surface area (Å²) in [6.07, 6.45) is -5.50. The van der Waals surface area contributed by atoms with E-state index in [1.165, 1.54) is 13.8 Å². The van der Waals surface area contributed by atoms with Crippen molar-refractivity contribution in [3.8, 4) is 5.75 Å². The monoisotopic (exact) mass is 266 g/mol. The molecule has 0 spiro atoms. The van der Waals surface area contributed by atoms with Crippen LogP contribution in [0.3, 0.4) is 0 Å². The van der Waals surface area contributed by atoms with Gasteiger partial charge >= 0.3 is 13.3 Å². The van der Waals surface area contributed by atoms with Crippen LogP contribution in [0.5, 0.6) is 5.75 Å². The SMILES string of the molecule is CC(C)Oc1c(F)cc(B(O)O)cc1C(F)(F)F. The standard InChI is InChI=1S/C10H11BF4O3/c1-5(2)18-9-7(10(13,14)15)3-6(11(16)17)4-8(9)12/h3-5,16-17H,1-2H3. The topological polar surface area (TPSA) is 49.7 Å². The Labute approximate surface area is 101 Å². The lowest BCUT2D eigenvalue weighted by atomic mass is 9.79. The maximum atomic E-state index is 13.5. The zero-order valence-electron chi connectivity index (χ0n) is 9.62. The summed E-state index contributed by atoms with van der Waals surface area (Å²) in [5, 5.41) is 17.6. The molecular formula is C10H11BF4O3. The number of rotatable bonds is 3. The quantitative estimate of drug-likeness (QED) is 0.640. The molecule has 0 aliphatic heterocycles. The summed E-state index contributed by atoms with van der Waals surface area (Å²) in [6, 6.07) is 1.04. The van der Waals surface area contributed by atoms with Gasteiger partial charge in [0.05, 0.1) is 6.10 Å². The van der Waals surface area contributed by atoms with E-state index in [9.17, 15) is 17.6 Å².